The van der Waals surface area contributed by atoms with Gasteiger partial charge in [-0.05, 0) is 0 Å². The van der Waals surface area contributed by atoms with E-state index in [1.807, 2.05) is 0 Å². The molecule has 0 N–H and O–H groups in total. The maximum atomic E-state index is 6.92. The summed E-state index contributed by atoms with van der Waals surface area (Å²) in [6, 6.07) is 0. The quantitative estimate of drug-likeness (QED) is 0.500. The van der Waals surface area contributed by atoms with Crippen molar-refractivity contribution in [1.29, 1.82) is 0 Å². The number of methoxy groups -OCH3 is 2. The van der Waals surface area contributed by atoms with Gasteiger partial charge in [-0.3, -0.25) is 0 Å². The smallest absolute Gasteiger partial charge is 0.0696 e. The van der Waals surface area contributed by atoms with Gasteiger partial charge in [0.25, 0.3) is 0 Å². The zero-order chi connectivity index (χ0) is 8.41. The van der Waals surface area contributed by atoms with Gasteiger partial charge < -0.3 is 9.47 Å². The molecule has 6 heavy (non-hydrogen) atoms. The fraction of sp³-hybridized carbons (Fsp3) is 1.00. The highest BCUT2D eigenvalue weighted by molar-refractivity contribution is 4.17. The van der Waals surface area contributed by atoms with Gasteiger partial charge in [0, 0.05) is 14.2 Å². The summed E-state index contributed by atoms with van der Waals surface area (Å²) < 4.78 is 36.1. The number of ether oxygens (including phenoxy) is 2. The second-order valence-electron chi connectivity index (χ2n) is 0.612. The average Bonchev–Trinajstić information content (AvgIpc) is 1.88. The molecule has 0 unspecified atom stereocenters. The lowest BCUT2D eigenvalue weighted by atomic mass is 10.8. The first-order valence-electron chi connectivity index (χ1n) is 3.47. The first-order chi connectivity index (χ1) is 4.37. The van der Waals surface area contributed by atoms with Gasteiger partial charge in [0.05, 0.1) is 18.6 Å². The van der Waals surface area contributed by atoms with Crippen molar-refractivity contribution in [3.63, 3.8) is 0 Å². The van der Waals surface area contributed by atoms with Crippen molar-refractivity contribution in [3.8, 4) is 0 Å². The summed E-state index contributed by atoms with van der Waals surface area (Å²) in [5.41, 5.74) is 0. The Labute approximate surface area is 43.7 Å². The van der Waals surface area contributed by atoms with Gasteiger partial charge in [-0.2, -0.15) is 0 Å². The van der Waals surface area contributed by atoms with E-state index >= 15 is 0 Å². The fourth-order valence-electron chi connectivity index (χ4n) is 0.0833. The van der Waals surface area contributed by atoms with Crippen LogP contribution in [-0.4, -0.2) is 27.3 Å². The van der Waals surface area contributed by atoms with E-state index in [1.165, 1.54) is 0 Å². The third-order valence-electron chi connectivity index (χ3n) is 0.246. The van der Waals surface area contributed by atoms with Crippen molar-refractivity contribution in [2.45, 2.75) is 0 Å². The van der Waals surface area contributed by atoms with Crippen LogP contribution in [0.25, 0.3) is 0 Å². The van der Waals surface area contributed by atoms with Crippen LogP contribution < -0.4 is 0 Å². The molecule has 0 aliphatic heterocycles. The number of hydrogen-bond acceptors (Lipinski definition) is 2. The molecule has 0 spiro atoms. The normalized spacial score (nSPS) is 23.7. The molecule has 0 rings (SSSR count). The Kier molecular flexibility index (Phi) is 1.48. The van der Waals surface area contributed by atoms with E-state index in [9.17, 15) is 0 Å². The molecular weight excluding hydrogens is 80.0 g/mol. The molecule has 0 aliphatic carbocycles. The molecule has 0 aromatic carbocycles. The summed E-state index contributed by atoms with van der Waals surface area (Å²) in [5.74, 6) is 0. The van der Waals surface area contributed by atoms with E-state index in [-0.39, 0.29) is 0 Å². The zero-order valence-electron chi connectivity index (χ0n) is 7.82. The molecule has 2 nitrogen and oxygen atoms in total. The van der Waals surface area contributed by atoms with Crippen LogP contribution >= 0.6 is 0 Å². The van der Waals surface area contributed by atoms with Crippen LogP contribution in [0.4, 0.5) is 0 Å². The van der Waals surface area contributed by atoms with Gasteiger partial charge in [0.2, 0.25) is 0 Å². The summed E-state index contributed by atoms with van der Waals surface area (Å²) in [6.07, 6.45) is 0. The highest BCUT2D eigenvalue weighted by Crippen LogP contribution is 1.65. The molecule has 0 fully saturated rings. The Balaban J connectivity index is 4.28. The number of rotatable bonds is 3. The van der Waals surface area contributed by atoms with Crippen LogP contribution in [0.1, 0.15) is 5.48 Å². The Morgan fingerprint density at radius 1 is 1.33 bits per heavy atom. The Bertz CT molecular complexity index is 99.8. The molecule has 0 aromatic rings. The average molecular weight is 94.1 g/mol. The van der Waals surface area contributed by atoms with Crippen LogP contribution in [0.15, 0.2) is 0 Å². The lowest BCUT2D eigenvalue weighted by molar-refractivity contribution is 0.103. The van der Waals surface area contributed by atoms with Crippen molar-refractivity contribution < 1.29 is 15.0 Å². The van der Waals surface area contributed by atoms with Gasteiger partial charge in [0.15, 0.2) is 0 Å². The first-order valence-corrected chi connectivity index (χ1v) is 1.47. The lowest BCUT2D eigenvalue weighted by Crippen LogP contribution is -1.96. The summed E-state index contributed by atoms with van der Waals surface area (Å²) >= 11 is 0. The molecule has 0 atom stereocenters. The third-order valence-corrected chi connectivity index (χ3v) is 0.246. The van der Waals surface area contributed by atoms with E-state index < -0.39 is 13.1 Å². The minimum absolute atomic E-state index is 1.08. The molecule has 38 valence electrons. The number of hydrogen-bond donors (Lipinski definition) is 0. The van der Waals surface area contributed by atoms with E-state index in [0.717, 1.165) is 14.2 Å². The summed E-state index contributed by atoms with van der Waals surface area (Å²) in [6.45, 7) is -4.80. The maximum Gasteiger partial charge on any atom is 0.0696 e. The molecule has 2 heteroatoms. The lowest BCUT2D eigenvalue weighted by Gasteiger charge is -1.91. The topological polar surface area (TPSA) is 18.5 Å². The summed E-state index contributed by atoms with van der Waals surface area (Å²) in [7, 11) is 2.16. The van der Waals surface area contributed by atoms with Gasteiger partial charge in [-0.1, -0.05) is 0 Å². The van der Waals surface area contributed by atoms with E-state index in [1.54, 1.807) is 0 Å². The molecular formula is C4H10O2. The molecule has 0 saturated heterocycles. The van der Waals surface area contributed by atoms with Crippen LogP contribution in [-0.2, 0) is 9.47 Å². The maximum absolute atomic E-state index is 6.92. The van der Waals surface area contributed by atoms with Crippen molar-refractivity contribution in [2.24, 2.45) is 0 Å². The predicted octanol–water partition coefficient (Wildman–Crippen LogP) is 0.279. The largest absolute Gasteiger partial charge is 0.382 e. The Hall–Kier alpha value is -0.0800. The van der Waals surface area contributed by atoms with Crippen molar-refractivity contribution in [1.82, 2.24) is 0 Å². The molecule has 0 amide bonds. The van der Waals surface area contributed by atoms with Crippen molar-refractivity contribution in [2.75, 3.05) is 27.3 Å². The van der Waals surface area contributed by atoms with Crippen molar-refractivity contribution >= 4 is 0 Å². The summed E-state index contributed by atoms with van der Waals surface area (Å²) in [5, 5.41) is 0. The van der Waals surface area contributed by atoms with Gasteiger partial charge >= 0.3 is 0 Å². The second-order valence-corrected chi connectivity index (χ2v) is 0.612. The molecule has 0 bridgehead atoms. The van der Waals surface area contributed by atoms with Crippen LogP contribution in [0, 0.1) is 0 Å². The molecule has 0 heterocycles. The Morgan fingerprint density at radius 2 is 1.67 bits per heavy atom. The van der Waals surface area contributed by atoms with Gasteiger partial charge in [-0.25, -0.2) is 0 Å². The summed E-state index contributed by atoms with van der Waals surface area (Å²) in [4.78, 5) is 0. The standard InChI is InChI=1S/C4H10O2/c1-5-3-4-6-2/h3-4H2,1-2H3/i3D2,4D2. The Morgan fingerprint density at radius 3 is 1.83 bits per heavy atom. The van der Waals surface area contributed by atoms with E-state index in [4.69, 9.17) is 5.48 Å². The third kappa shape index (κ3) is 3.92. The van der Waals surface area contributed by atoms with E-state index in [2.05, 4.69) is 9.47 Å². The monoisotopic (exact) mass is 94.1 g/mol. The highest BCUT2D eigenvalue weighted by atomic mass is 16.5. The van der Waals surface area contributed by atoms with Crippen LogP contribution in [0.3, 0.4) is 0 Å². The van der Waals surface area contributed by atoms with E-state index in [0.29, 0.717) is 0 Å². The fourth-order valence-corrected chi connectivity index (χ4v) is 0.0833. The highest BCUT2D eigenvalue weighted by Gasteiger charge is 1.73. The second kappa shape index (κ2) is 4.92. The first kappa shape index (κ1) is 1.80. The van der Waals surface area contributed by atoms with Crippen molar-refractivity contribution in [3.05, 3.63) is 0 Å². The molecule has 0 aliphatic rings. The predicted molar refractivity (Wildman–Crippen MR) is 23.8 cm³/mol. The molecule has 0 aromatic heterocycles. The SMILES string of the molecule is [2H]C([2H])(OC)C([2H])([2H])OC. The van der Waals surface area contributed by atoms with Gasteiger partial charge in [0.1, 0.15) is 0 Å². The minimum Gasteiger partial charge on any atom is -0.382 e. The molecule has 0 saturated carbocycles. The van der Waals surface area contributed by atoms with Crippen LogP contribution in [0.2, 0.25) is 0 Å². The van der Waals surface area contributed by atoms with Gasteiger partial charge in [-0.15, -0.1) is 0 Å². The van der Waals surface area contributed by atoms with Crippen LogP contribution in [0.5, 0.6) is 0 Å². The zero-order valence-corrected chi connectivity index (χ0v) is 3.82. The molecule has 0 radical (unpaired) electrons. The minimum atomic E-state index is -2.40.